The molecule has 140 valence electrons. The van der Waals surface area contributed by atoms with E-state index in [9.17, 15) is 17.6 Å². The Hall–Kier alpha value is -1.51. The summed E-state index contributed by atoms with van der Waals surface area (Å²) in [7, 11) is -3.85. The summed E-state index contributed by atoms with van der Waals surface area (Å²) in [5, 5.41) is 2.89. The maximum atomic E-state index is 13.8. The maximum Gasteiger partial charge on any atom is 0.246 e. The topological polar surface area (TPSA) is 69.7 Å². The van der Waals surface area contributed by atoms with Crippen LogP contribution in [0, 0.1) is 11.7 Å². The van der Waals surface area contributed by atoms with E-state index in [1.165, 1.54) is 22.5 Å². The van der Waals surface area contributed by atoms with E-state index in [1.54, 1.807) is 0 Å². The second-order valence-electron chi connectivity index (χ2n) is 6.69. The lowest BCUT2D eigenvalue weighted by atomic mass is 10.2. The number of halogens is 1. The third-order valence-corrected chi connectivity index (χ3v) is 6.27. The highest BCUT2D eigenvalue weighted by atomic mass is 32.2. The molecule has 1 amide bonds. The van der Waals surface area contributed by atoms with Gasteiger partial charge in [0.2, 0.25) is 15.9 Å². The summed E-state index contributed by atoms with van der Waals surface area (Å²) < 4.78 is 40.3. The number of rotatable bonds is 6. The molecule has 0 saturated carbocycles. The Balaban J connectivity index is 1.97. The van der Waals surface area contributed by atoms with Gasteiger partial charge in [-0.05, 0) is 25.0 Å². The smallest absolute Gasteiger partial charge is 0.246 e. The van der Waals surface area contributed by atoms with Gasteiger partial charge in [-0.15, -0.1) is 0 Å². The number of amides is 1. The Labute approximate surface area is 149 Å². The van der Waals surface area contributed by atoms with Gasteiger partial charge in [0, 0.05) is 32.7 Å². The molecule has 1 heterocycles. The lowest BCUT2D eigenvalue weighted by Gasteiger charge is -2.36. The molecule has 0 spiro atoms. The van der Waals surface area contributed by atoms with Crippen molar-refractivity contribution in [2.45, 2.75) is 31.7 Å². The van der Waals surface area contributed by atoms with Crippen LogP contribution in [-0.2, 0) is 14.8 Å². The fourth-order valence-corrected chi connectivity index (χ4v) is 4.23. The number of hydrogen-bond donors (Lipinski definition) is 1. The molecule has 25 heavy (non-hydrogen) atoms. The van der Waals surface area contributed by atoms with Crippen LogP contribution >= 0.6 is 0 Å². The molecule has 1 fully saturated rings. The number of carbonyl (C=O) groups excluding carboxylic acids is 1. The van der Waals surface area contributed by atoms with Crippen LogP contribution < -0.4 is 5.32 Å². The molecular weight excluding hydrogens is 345 g/mol. The molecule has 2 rings (SSSR count). The Kier molecular flexibility index (Phi) is 6.53. The number of hydrogen-bond acceptors (Lipinski definition) is 4. The minimum absolute atomic E-state index is 0.0564. The average molecular weight is 371 g/mol. The van der Waals surface area contributed by atoms with Crippen LogP contribution in [0.5, 0.6) is 0 Å². The van der Waals surface area contributed by atoms with Crippen molar-refractivity contribution < 1.29 is 17.6 Å². The molecule has 1 aromatic carbocycles. The van der Waals surface area contributed by atoms with E-state index in [1.807, 2.05) is 25.7 Å². The van der Waals surface area contributed by atoms with Crippen molar-refractivity contribution in [3.05, 3.63) is 30.1 Å². The summed E-state index contributed by atoms with van der Waals surface area (Å²) in [5.74, 6) is -0.426. The second-order valence-corrected chi connectivity index (χ2v) is 8.59. The molecule has 0 radical (unpaired) electrons. The van der Waals surface area contributed by atoms with Gasteiger partial charge in [0.1, 0.15) is 10.7 Å². The van der Waals surface area contributed by atoms with E-state index in [-0.39, 0.29) is 29.9 Å². The number of benzene rings is 1. The average Bonchev–Trinajstić information content (AvgIpc) is 2.59. The third kappa shape index (κ3) is 4.77. The van der Waals surface area contributed by atoms with E-state index >= 15 is 0 Å². The predicted octanol–water partition coefficient (Wildman–Crippen LogP) is 1.29. The maximum absolute atomic E-state index is 13.8. The van der Waals surface area contributed by atoms with Crippen molar-refractivity contribution >= 4 is 15.9 Å². The molecule has 0 unspecified atom stereocenters. The number of nitrogens with zero attached hydrogens (tertiary/aromatic N) is 2. The van der Waals surface area contributed by atoms with Gasteiger partial charge in [-0.2, -0.15) is 4.31 Å². The van der Waals surface area contributed by atoms with E-state index in [2.05, 4.69) is 5.32 Å². The molecular formula is C17H26FN3O3S. The van der Waals surface area contributed by atoms with E-state index < -0.39 is 15.8 Å². The SMILES string of the molecule is CC(C)CNC(=O)[C@H](C)N1CCN(S(=O)(=O)c2ccccc2F)CC1. The molecule has 1 aromatic rings. The van der Waals surface area contributed by atoms with Crippen LogP contribution in [0.4, 0.5) is 4.39 Å². The minimum atomic E-state index is -3.85. The highest BCUT2D eigenvalue weighted by Gasteiger charge is 2.32. The van der Waals surface area contributed by atoms with Crippen LogP contribution in [-0.4, -0.2) is 62.3 Å². The van der Waals surface area contributed by atoms with Crippen molar-refractivity contribution in [2.24, 2.45) is 5.92 Å². The van der Waals surface area contributed by atoms with Crippen molar-refractivity contribution in [1.29, 1.82) is 0 Å². The fourth-order valence-electron chi connectivity index (χ4n) is 2.74. The Morgan fingerprint density at radius 2 is 1.76 bits per heavy atom. The predicted molar refractivity (Wildman–Crippen MR) is 94.0 cm³/mol. The van der Waals surface area contributed by atoms with Crippen molar-refractivity contribution in [3.63, 3.8) is 0 Å². The van der Waals surface area contributed by atoms with Gasteiger partial charge in [-0.1, -0.05) is 26.0 Å². The number of nitrogens with one attached hydrogen (secondary N) is 1. The molecule has 1 aliphatic heterocycles. The third-order valence-electron chi connectivity index (χ3n) is 4.34. The first-order valence-electron chi connectivity index (χ1n) is 8.50. The molecule has 8 heteroatoms. The first kappa shape index (κ1) is 19.8. The summed E-state index contributed by atoms with van der Waals surface area (Å²) >= 11 is 0. The van der Waals surface area contributed by atoms with Crippen LogP contribution in [0.3, 0.4) is 0 Å². The highest BCUT2D eigenvalue weighted by Crippen LogP contribution is 2.20. The molecule has 0 aromatic heterocycles. The van der Waals surface area contributed by atoms with Crippen molar-refractivity contribution in [1.82, 2.24) is 14.5 Å². The van der Waals surface area contributed by atoms with Crippen molar-refractivity contribution in [2.75, 3.05) is 32.7 Å². The summed E-state index contributed by atoms with van der Waals surface area (Å²) in [5.41, 5.74) is 0. The monoisotopic (exact) mass is 371 g/mol. The van der Waals surface area contributed by atoms with Gasteiger partial charge < -0.3 is 5.32 Å². The Morgan fingerprint density at radius 3 is 2.32 bits per heavy atom. The Morgan fingerprint density at radius 1 is 1.16 bits per heavy atom. The second kappa shape index (κ2) is 8.25. The van der Waals surface area contributed by atoms with E-state index in [0.717, 1.165) is 6.07 Å². The highest BCUT2D eigenvalue weighted by molar-refractivity contribution is 7.89. The van der Waals surface area contributed by atoms with Gasteiger partial charge in [0.25, 0.3) is 0 Å². The summed E-state index contributed by atoms with van der Waals surface area (Å²) in [6.45, 7) is 7.82. The minimum Gasteiger partial charge on any atom is -0.354 e. The zero-order chi connectivity index (χ0) is 18.6. The number of piperazine rings is 1. The van der Waals surface area contributed by atoms with Gasteiger partial charge in [0.15, 0.2) is 0 Å². The number of carbonyl (C=O) groups is 1. The first-order chi connectivity index (χ1) is 11.7. The van der Waals surface area contributed by atoms with Crippen LogP contribution in [0.2, 0.25) is 0 Å². The van der Waals surface area contributed by atoms with Crippen LogP contribution in [0.1, 0.15) is 20.8 Å². The molecule has 0 aliphatic carbocycles. The molecule has 0 bridgehead atoms. The lowest BCUT2D eigenvalue weighted by molar-refractivity contribution is -0.126. The fraction of sp³-hybridized carbons (Fsp3) is 0.588. The molecule has 1 N–H and O–H groups in total. The summed E-state index contributed by atoms with van der Waals surface area (Å²) in [6, 6.07) is 5.07. The normalized spacial score (nSPS) is 18.3. The van der Waals surface area contributed by atoms with Crippen LogP contribution in [0.15, 0.2) is 29.2 Å². The van der Waals surface area contributed by atoms with Gasteiger partial charge >= 0.3 is 0 Å². The summed E-state index contributed by atoms with van der Waals surface area (Å²) in [4.78, 5) is 13.8. The molecule has 1 saturated heterocycles. The first-order valence-corrected chi connectivity index (χ1v) is 9.94. The van der Waals surface area contributed by atoms with Crippen molar-refractivity contribution in [3.8, 4) is 0 Å². The largest absolute Gasteiger partial charge is 0.354 e. The molecule has 1 aliphatic rings. The standard InChI is InChI=1S/C17H26FN3O3S/c1-13(2)12-19-17(22)14(3)20-8-10-21(11-9-20)25(23,24)16-7-5-4-6-15(16)18/h4-7,13-14H,8-12H2,1-3H3,(H,19,22)/t14-/m0/s1. The molecule has 6 nitrogen and oxygen atoms in total. The van der Waals surface area contributed by atoms with E-state index in [4.69, 9.17) is 0 Å². The zero-order valence-corrected chi connectivity index (χ0v) is 15.7. The van der Waals surface area contributed by atoms with Crippen LogP contribution in [0.25, 0.3) is 0 Å². The van der Waals surface area contributed by atoms with E-state index in [0.29, 0.717) is 25.6 Å². The van der Waals surface area contributed by atoms with Gasteiger partial charge in [-0.25, -0.2) is 12.8 Å². The number of sulfonamides is 1. The van der Waals surface area contributed by atoms with Gasteiger partial charge in [-0.3, -0.25) is 9.69 Å². The zero-order valence-electron chi connectivity index (χ0n) is 14.9. The quantitative estimate of drug-likeness (QED) is 0.818. The lowest BCUT2D eigenvalue weighted by Crippen LogP contribution is -2.55. The summed E-state index contributed by atoms with van der Waals surface area (Å²) in [6.07, 6.45) is 0. The Bertz CT molecular complexity index is 701. The van der Waals surface area contributed by atoms with Gasteiger partial charge in [0.05, 0.1) is 6.04 Å². The molecule has 1 atom stereocenters.